The van der Waals surface area contributed by atoms with E-state index in [1.165, 1.54) is 18.8 Å². The Balaban J connectivity index is 2.32. The molecule has 138 valence electrons. The molecular formula is C20H17ClN2O4. The highest BCUT2D eigenvalue weighted by molar-refractivity contribution is 6.37. The van der Waals surface area contributed by atoms with Crippen molar-refractivity contribution in [2.45, 2.75) is 6.54 Å². The molecule has 2 aromatic carbocycles. The van der Waals surface area contributed by atoms with Crippen molar-refractivity contribution in [3.63, 3.8) is 0 Å². The van der Waals surface area contributed by atoms with Gasteiger partial charge in [0.1, 0.15) is 28.9 Å². The molecule has 0 aliphatic heterocycles. The maximum atomic E-state index is 12.9. The van der Waals surface area contributed by atoms with Gasteiger partial charge >= 0.3 is 0 Å². The first-order valence-corrected chi connectivity index (χ1v) is 8.42. The van der Waals surface area contributed by atoms with Crippen LogP contribution in [-0.4, -0.2) is 25.9 Å². The summed E-state index contributed by atoms with van der Waals surface area (Å²) in [5.74, 6) is 1.66. The first-order chi connectivity index (χ1) is 13.0. The van der Waals surface area contributed by atoms with E-state index < -0.39 is 5.56 Å². The topological polar surface area (TPSA) is 73.5 Å². The van der Waals surface area contributed by atoms with Gasteiger partial charge in [-0.2, -0.15) is 5.26 Å². The van der Waals surface area contributed by atoms with Crippen molar-refractivity contribution in [3.05, 3.63) is 62.9 Å². The van der Waals surface area contributed by atoms with Crippen LogP contribution in [0.15, 0.2) is 41.2 Å². The van der Waals surface area contributed by atoms with Crippen LogP contribution < -0.4 is 19.8 Å². The second kappa shape index (κ2) is 7.60. The van der Waals surface area contributed by atoms with E-state index in [4.69, 9.17) is 25.8 Å². The van der Waals surface area contributed by atoms with Gasteiger partial charge in [-0.25, -0.2) is 0 Å². The molecule has 0 aliphatic rings. The molecule has 0 unspecified atom stereocenters. The fourth-order valence-electron chi connectivity index (χ4n) is 2.92. The van der Waals surface area contributed by atoms with Crippen molar-refractivity contribution in [3.8, 4) is 23.3 Å². The summed E-state index contributed by atoms with van der Waals surface area (Å²) in [6, 6.07) is 12.6. The highest BCUT2D eigenvalue weighted by Gasteiger charge is 2.20. The molecule has 0 atom stereocenters. The minimum atomic E-state index is -0.471. The summed E-state index contributed by atoms with van der Waals surface area (Å²) in [6.07, 6.45) is 0. The van der Waals surface area contributed by atoms with E-state index in [0.29, 0.717) is 28.2 Å². The molecule has 1 aromatic heterocycles. The van der Waals surface area contributed by atoms with Crippen LogP contribution in [0, 0.1) is 11.3 Å². The molecule has 27 heavy (non-hydrogen) atoms. The number of hydrogen-bond donors (Lipinski definition) is 0. The molecule has 3 aromatic rings. The van der Waals surface area contributed by atoms with E-state index in [0.717, 1.165) is 5.56 Å². The van der Waals surface area contributed by atoms with Crippen molar-refractivity contribution in [1.29, 1.82) is 5.26 Å². The SMILES string of the molecule is COc1ccc(Cn2c(=O)c(C#N)c(Cl)c3c(OC)cc(OC)cc32)cc1. The van der Waals surface area contributed by atoms with Crippen molar-refractivity contribution >= 4 is 22.5 Å². The monoisotopic (exact) mass is 384 g/mol. The number of methoxy groups -OCH3 is 3. The van der Waals surface area contributed by atoms with Crippen molar-refractivity contribution in [1.82, 2.24) is 4.57 Å². The summed E-state index contributed by atoms with van der Waals surface area (Å²) < 4.78 is 17.4. The third-order valence-electron chi connectivity index (χ3n) is 4.31. The van der Waals surface area contributed by atoms with Crippen LogP contribution in [-0.2, 0) is 6.54 Å². The number of benzene rings is 2. The van der Waals surface area contributed by atoms with E-state index in [1.807, 2.05) is 30.3 Å². The molecule has 6 nitrogen and oxygen atoms in total. The van der Waals surface area contributed by atoms with Crippen LogP contribution in [0.4, 0.5) is 0 Å². The normalized spacial score (nSPS) is 10.5. The zero-order valence-electron chi connectivity index (χ0n) is 15.1. The van der Waals surface area contributed by atoms with Gasteiger partial charge in [0.2, 0.25) is 0 Å². The van der Waals surface area contributed by atoms with Gasteiger partial charge < -0.3 is 18.8 Å². The zero-order valence-corrected chi connectivity index (χ0v) is 15.8. The first kappa shape index (κ1) is 18.6. The Labute approximate surface area is 161 Å². The summed E-state index contributed by atoms with van der Waals surface area (Å²) in [4.78, 5) is 12.9. The lowest BCUT2D eigenvalue weighted by atomic mass is 10.1. The standard InChI is InChI=1S/C20H17ClN2O4/c1-25-13-6-4-12(5-7-13)11-23-16-8-14(26-2)9-17(27-3)18(16)19(21)15(10-22)20(23)24/h4-9H,11H2,1-3H3. The van der Waals surface area contributed by atoms with Gasteiger partial charge in [0, 0.05) is 12.1 Å². The Morgan fingerprint density at radius 2 is 1.70 bits per heavy atom. The summed E-state index contributed by atoms with van der Waals surface area (Å²) >= 11 is 6.37. The smallest absolute Gasteiger partial charge is 0.270 e. The van der Waals surface area contributed by atoms with Crippen LogP contribution in [0.2, 0.25) is 5.02 Å². The van der Waals surface area contributed by atoms with Gasteiger partial charge in [-0.1, -0.05) is 23.7 Å². The lowest BCUT2D eigenvalue weighted by Gasteiger charge is -2.16. The maximum absolute atomic E-state index is 12.9. The van der Waals surface area contributed by atoms with Gasteiger partial charge in [-0.3, -0.25) is 4.79 Å². The summed E-state index contributed by atoms with van der Waals surface area (Å²) in [5, 5.41) is 10.0. The largest absolute Gasteiger partial charge is 0.497 e. The number of halogens is 1. The third-order valence-corrected chi connectivity index (χ3v) is 4.69. The Morgan fingerprint density at radius 3 is 2.26 bits per heavy atom. The number of nitriles is 1. The molecule has 0 radical (unpaired) electrons. The number of nitrogens with zero attached hydrogens (tertiary/aromatic N) is 2. The predicted molar refractivity (Wildman–Crippen MR) is 103 cm³/mol. The molecule has 0 bridgehead atoms. The van der Waals surface area contributed by atoms with E-state index in [9.17, 15) is 10.1 Å². The Bertz CT molecular complexity index is 1100. The van der Waals surface area contributed by atoms with E-state index in [2.05, 4.69) is 0 Å². The van der Waals surface area contributed by atoms with Crippen LogP contribution in [0.1, 0.15) is 11.1 Å². The Morgan fingerprint density at radius 1 is 1.04 bits per heavy atom. The van der Waals surface area contributed by atoms with Crippen LogP contribution >= 0.6 is 11.6 Å². The fourth-order valence-corrected chi connectivity index (χ4v) is 3.23. The molecule has 0 saturated heterocycles. The van der Waals surface area contributed by atoms with Gasteiger partial charge in [0.05, 0.1) is 43.8 Å². The number of hydrogen-bond acceptors (Lipinski definition) is 5. The van der Waals surface area contributed by atoms with E-state index in [1.54, 1.807) is 19.2 Å². The van der Waals surface area contributed by atoms with Crippen LogP contribution in [0.25, 0.3) is 10.9 Å². The second-order valence-electron chi connectivity index (χ2n) is 5.76. The summed E-state index contributed by atoms with van der Waals surface area (Å²) in [5.41, 5.74) is 0.797. The molecule has 0 N–H and O–H groups in total. The van der Waals surface area contributed by atoms with Gasteiger partial charge in [0.15, 0.2) is 0 Å². The average molecular weight is 385 g/mol. The molecule has 1 heterocycles. The van der Waals surface area contributed by atoms with Gasteiger partial charge in [-0.05, 0) is 17.7 Å². The van der Waals surface area contributed by atoms with E-state index >= 15 is 0 Å². The third kappa shape index (κ3) is 3.29. The molecule has 0 fully saturated rings. The van der Waals surface area contributed by atoms with Crippen LogP contribution in [0.5, 0.6) is 17.2 Å². The second-order valence-corrected chi connectivity index (χ2v) is 6.14. The molecule has 0 aliphatic carbocycles. The number of fused-ring (bicyclic) bond motifs is 1. The van der Waals surface area contributed by atoms with Gasteiger partial charge in [-0.15, -0.1) is 0 Å². The Hall–Kier alpha value is -3.17. The molecule has 0 spiro atoms. The number of rotatable bonds is 5. The van der Waals surface area contributed by atoms with Crippen molar-refractivity contribution in [2.75, 3.05) is 21.3 Å². The minimum absolute atomic E-state index is 0.0722. The van der Waals surface area contributed by atoms with Gasteiger partial charge in [0.25, 0.3) is 5.56 Å². The molecular weight excluding hydrogens is 368 g/mol. The van der Waals surface area contributed by atoms with Crippen LogP contribution in [0.3, 0.4) is 0 Å². The fraction of sp³-hybridized carbons (Fsp3) is 0.200. The van der Waals surface area contributed by atoms with E-state index in [-0.39, 0.29) is 17.1 Å². The lowest BCUT2D eigenvalue weighted by molar-refractivity contribution is 0.397. The quantitative estimate of drug-likeness (QED) is 0.672. The first-order valence-electron chi connectivity index (χ1n) is 8.05. The molecule has 3 rings (SSSR count). The molecule has 0 amide bonds. The van der Waals surface area contributed by atoms with Crippen molar-refractivity contribution < 1.29 is 14.2 Å². The number of aromatic nitrogens is 1. The summed E-state index contributed by atoms with van der Waals surface area (Å²) in [7, 11) is 4.61. The Kier molecular flexibility index (Phi) is 5.24. The highest BCUT2D eigenvalue weighted by Crippen LogP contribution is 2.36. The minimum Gasteiger partial charge on any atom is -0.497 e. The maximum Gasteiger partial charge on any atom is 0.270 e. The molecule has 7 heteroatoms. The molecule has 0 saturated carbocycles. The number of ether oxygens (including phenoxy) is 3. The highest BCUT2D eigenvalue weighted by atomic mass is 35.5. The zero-order chi connectivity index (χ0) is 19.6. The summed E-state index contributed by atoms with van der Waals surface area (Å²) in [6.45, 7) is 0.251. The predicted octanol–water partition coefficient (Wildman–Crippen LogP) is 3.60. The van der Waals surface area contributed by atoms with Crippen molar-refractivity contribution in [2.24, 2.45) is 0 Å². The lowest BCUT2D eigenvalue weighted by Crippen LogP contribution is -2.24. The average Bonchev–Trinajstić information content (AvgIpc) is 2.70. The number of pyridine rings is 1.